The van der Waals surface area contributed by atoms with E-state index < -0.39 is 15.6 Å². The molecule has 0 aromatic rings. The van der Waals surface area contributed by atoms with Crippen LogP contribution < -0.4 is 0 Å². The number of carboxylic acid groups (broad SMARTS) is 1. The van der Waals surface area contributed by atoms with Crippen LogP contribution in [0, 0.1) is 0 Å². The van der Waals surface area contributed by atoms with Crippen LogP contribution in [-0.2, 0) is 4.79 Å². The zero-order valence-electron chi connectivity index (χ0n) is 3.64. The molecule has 0 amide bonds. The average molecular weight is 222 g/mol. The fourth-order valence-corrected chi connectivity index (χ4v) is 0.323. The lowest BCUT2D eigenvalue weighted by Gasteiger charge is -2.01. The first-order chi connectivity index (χ1) is 3.55. The van der Waals surface area contributed by atoms with E-state index in [1.807, 2.05) is 0 Å². The number of carbonyl (C=O) groups is 1. The van der Waals surface area contributed by atoms with Gasteiger partial charge in [-0.1, -0.05) is 15.9 Å². The zero-order valence-corrected chi connectivity index (χ0v) is 6.74. The van der Waals surface area contributed by atoms with E-state index in [9.17, 15) is 4.79 Å². The molecule has 0 radical (unpaired) electrons. The Labute approximate surface area is 64.9 Å². The molecule has 1 N–H and O–H groups in total. The van der Waals surface area contributed by atoms with Gasteiger partial charge >= 0.3 is 5.97 Å². The molecule has 0 fully saturated rings. The van der Waals surface area contributed by atoms with Crippen molar-refractivity contribution in [1.82, 2.24) is 0 Å². The summed E-state index contributed by atoms with van der Waals surface area (Å²) >= 11 is 13.1. The monoisotopic (exact) mass is 220 g/mol. The molecule has 0 saturated heterocycles. The van der Waals surface area contributed by atoms with Crippen molar-refractivity contribution in [3.8, 4) is 0 Å². The molecule has 48 valence electrons. The smallest absolute Gasteiger partial charge is 0.320 e. The second-order valence-corrected chi connectivity index (χ2v) is 3.22. The van der Waals surface area contributed by atoms with Gasteiger partial charge in [-0.25, -0.2) is 0 Å². The molecular weight excluding hydrogens is 219 g/mol. The summed E-state index contributed by atoms with van der Waals surface area (Å²) in [5, 5.41) is 8.14. The minimum atomic E-state index is -1.06. The summed E-state index contributed by atoms with van der Waals surface area (Å²) in [7, 11) is 0. The first-order valence-electron chi connectivity index (χ1n) is 1.70. The predicted octanol–water partition coefficient (Wildman–Crippen LogP) is 1.64. The van der Waals surface area contributed by atoms with E-state index >= 15 is 0 Å². The van der Waals surface area contributed by atoms with Crippen LogP contribution in [0.5, 0.6) is 0 Å². The molecule has 0 aliphatic heterocycles. The van der Waals surface area contributed by atoms with E-state index in [2.05, 4.69) is 15.9 Å². The number of alkyl halides is 3. The minimum absolute atomic E-state index is 0.870. The fourth-order valence-electron chi connectivity index (χ4n) is 0.108. The Morgan fingerprint density at radius 3 is 2.00 bits per heavy atom. The van der Waals surface area contributed by atoms with E-state index in [1.54, 1.807) is 0 Å². The zero-order chi connectivity index (χ0) is 6.73. The quantitative estimate of drug-likeness (QED) is 0.721. The summed E-state index contributed by atoms with van der Waals surface area (Å²) in [6.07, 6.45) is 0. The Morgan fingerprint density at radius 2 is 2.00 bits per heavy atom. The number of hydrogen-bond donors (Lipinski definition) is 1. The summed E-state index contributed by atoms with van der Waals surface area (Å²) in [6, 6.07) is 0. The number of carboxylic acids is 1. The van der Waals surface area contributed by atoms with Crippen molar-refractivity contribution in [2.45, 2.75) is 9.66 Å². The maximum atomic E-state index is 9.92. The van der Waals surface area contributed by atoms with Crippen LogP contribution in [0.25, 0.3) is 0 Å². The van der Waals surface area contributed by atoms with E-state index in [0.717, 1.165) is 0 Å². The molecule has 5 heteroatoms. The van der Waals surface area contributed by atoms with Crippen LogP contribution >= 0.6 is 39.1 Å². The molecule has 0 aromatic carbocycles. The standard InChI is InChI=1S/C3H3BrCl2O2/c4-1(2(5)6)3(7)8/h1-2H,(H,7,8). The van der Waals surface area contributed by atoms with Crippen molar-refractivity contribution in [2.24, 2.45) is 0 Å². The van der Waals surface area contributed by atoms with Gasteiger partial charge in [0.2, 0.25) is 0 Å². The third-order valence-electron chi connectivity index (χ3n) is 0.457. The molecular formula is C3H3BrCl2O2. The van der Waals surface area contributed by atoms with Crippen molar-refractivity contribution in [1.29, 1.82) is 0 Å². The van der Waals surface area contributed by atoms with Gasteiger partial charge in [0.15, 0.2) is 0 Å². The molecule has 2 nitrogen and oxygen atoms in total. The molecule has 1 atom stereocenters. The van der Waals surface area contributed by atoms with Gasteiger partial charge in [-0.05, 0) is 0 Å². The van der Waals surface area contributed by atoms with Crippen LogP contribution in [-0.4, -0.2) is 20.7 Å². The van der Waals surface area contributed by atoms with Gasteiger partial charge in [-0.3, -0.25) is 4.79 Å². The highest BCUT2D eigenvalue weighted by molar-refractivity contribution is 9.10. The molecule has 0 saturated carbocycles. The lowest BCUT2D eigenvalue weighted by atomic mass is 10.5. The summed E-state index contributed by atoms with van der Waals surface area (Å²) in [5.74, 6) is -1.06. The molecule has 0 spiro atoms. The van der Waals surface area contributed by atoms with Gasteiger partial charge in [-0.15, -0.1) is 23.2 Å². The van der Waals surface area contributed by atoms with Crippen molar-refractivity contribution in [3.05, 3.63) is 0 Å². The second kappa shape index (κ2) is 3.54. The highest BCUT2D eigenvalue weighted by Gasteiger charge is 2.20. The maximum absolute atomic E-state index is 9.92. The lowest BCUT2D eigenvalue weighted by Crippen LogP contribution is -2.19. The van der Waals surface area contributed by atoms with Gasteiger partial charge in [0, 0.05) is 0 Å². The van der Waals surface area contributed by atoms with Crippen LogP contribution in [0.1, 0.15) is 0 Å². The number of rotatable bonds is 2. The first kappa shape index (κ1) is 8.53. The fraction of sp³-hybridized carbons (Fsp3) is 0.667. The molecule has 0 aromatic heterocycles. The second-order valence-electron chi connectivity index (χ2n) is 1.07. The first-order valence-corrected chi connectivity index (χ1v) is 3.49. The van der Waals surface area contributed by atoms with Crippen molar-refractivity contribution in [2.75, 3.05) is 0 Å². The predicted molar refractivity (Wildman–Crippen MR) is 35.8 cm³/mol. The lowest BCUT2D eigenvalue weighted by molar-refractivity contribution is -0.135. The molecule has 1 unspecified atom stereocenters. The molecule has 0 bridgehead atoms. The summed E-state index contributed by atoms with van der Waals surface area (Å²) in [4.78, 5) is 8.16. The van der Waals surface area contributed by atoms with Gasteiger partial charge in [-0.2, -0.15) is 0 Å². The Balaban J connectivity index is 3.64. The Morgan fingerprint density at radius 1 is 1.62 bits per heavy atom. The normalized spacial score (nSPS) is 14.0. The van der Waals surface area contributed by atoms with Crippen molar-refractivity contribution in [3.63, 3.8) is 0 Å². The Bertz CT molecular complexity index is 95.3. The van der Waals surface area contributed by atoms with Gasteiger partial charge in [0.1, 0.15) is 9.66 Å². The molecule has 0 aliphatic rings. The highest BCUT2D eigenvalue weighted by atomic mass is 79.9. The average Bonchev–Trinajstić information content (AvgIpc) is 1.64. The number of aliphatic carboxylic acids is 1. The highest BCUT2D eigenvalue weighted by Crippen LogP contribution is 2.15. The third kappa shape index (κ3) is 2.74. The minimum Gasteiger partial charge on any atom is -0.480 e. The summed E-state index contributed by atoms with van der Waals surface area (Å²) in [5.41, 5.74) is 0. The summed E-state index contributed by atoms with van der Waals surface area (Å²) < 4.78 is 0. The Kier molecular flexibility index (Phi) is 3.77. The van der Waals surface area contributed by atoms with Crippen LogP contribution in [0.3, 0.4) is 0 Å². The van der Waals surface area contributed by atoms with Crippen LogP contribution in [0.15, 0.2) is 0 Å². The largest absolute Gasteiger partial charge is 0.480 e. The van der Waals surface area contributed by atoms with Gasteiger partial charge < -0.3 is 5.11 Å². The van der Waals surface area contributed by atoms with E-state index in [-0.39, 0.29) is 0 Å². The molecule has 0 heterocycles. The van der Waals surface area contributed by atoms with Crippen molar-refractivity contribution < 1.29 is 9.90 Å². The molecule has 0 aliphatic carbocycles. The van der Waals surface area contributed by atoms with Gasteiger partial charge in [0.25, 0.3) is 0 Å². The maximum Gasteiger partial charge on any atom is 0.320 e. The van der Waals surface area contributed by atoms with Gasteiger partial charge in [0.05, 0.1) is 0 Å². The number of halogens is 3. The topological polar surface area (TPSA) is 37.3 Å². The van der Waals surface area contributed by atoms with Crippen LogP contribution in [0.4, 0.5) is 0 Å². The Hall–Kier alpha value is 0.530. The van der Waals surface area contributed by atoms with Crippen LogP contribution in [0.2, 0.25) is 0 Å². The molecule has 8 heavy (non-hydrogen) atoms. The van der Waals surface area contributed by atoms with E-state index in [0.29, 0.717) is 0 Å². The van der Waals surface area contributed by atoms with E-state index in [1.165, 1.54) is 0 Å². The molecule has 0 rings (SSSR count). The number of hydrogen-bond acceptors (Lipinski definition) is 1. The third-order valence-corrected chi connectivity index (χ3v) is 2.49. The SMILES string of the molecule is O=C(O)C(Br)C(Cl)Cl. The van der Waals surface area contributed by atoms with E-state index in [4.69, 9.17) is 28.3 Å². The van der Waals surface area contributed by atoms with Crippen molar-refractivity contribution >= 4 is 45.1 Å². The summed E-state index contributed by atoms with van der Waals surface area (Å²) in [6.45, 7) is 0.